The number of piperidine rings is 1. The molecule has 6 rings (SSSR count). The Kier molecular flexibility index (Phi) is 6.22. The van der Waals surface area contributed by atoms with Crippen molar-refractivity contribution in [1.82, 2.24) is 20.2 Å². The molecule has 0 aromatic carbocycles. The Morgan fingerprint density at radius 1 is 1.21 bits per heavy atom. The lowest BCUT2D eigenvalue weighted by Gasteiger charge is -2.32. The van der Waals surface area contributed by atoms with E-state index in [0.717, 1.165) is 25.7 Å². The molecule has 5 heterocycles. The summed E-state index contributed by atoms with van der Waals surface area (Å²) in [7, 11) is 0. The van der Waals surface area contributed by atoms with Crippen LogP contribution in [0.1, 0.15) is 47.5 Å². The lowest BCUT2D eigenvalue weighted by atomic mass is 9.96. The van der Waals surface area contributed by atoms with Crippen molar-refractivity contribution in [3.8, 4) is 5.88 Å². The van der Waals surface area contributed by atoms with E-state index in [9.17, 15) is 14.4 Å². The molecule has 2 fully saturated rings. The number of hydrogen-bond donors (Lipinski definition) is 2. The number of anilines is 3. The summed E-state index contributed by atoms with van der Waals surface area (Å²) < 4.78 is 5.92. The van der Waals surface area contributed by atoms with Crippen LogP contribution >= 0.6 is 11.3 Å². The largest absolute Gasteiger partial charge is 0.474 e. The minimum Gasteiger partial charge on any atom is -0.474 e. The van der Waals surface area contributed by atoms with Gasteiger partial charge >= 0.3 is 6.03 Å². The zero-order chi connectivity index (χ0) is 26.4. The normalized spacial score (nSPS) is 19.1. The van der Waals surface area contributed by atoms with Gasteiger partial charge in [-0.05, 0) is 57.2 Å². The quantitative estimate of drug-likeness (QED) is 0.451. The molecule has 3 aliphatic rings. The van der Waals surface area contributed by atoms with Crippen LogP contribution in [-0.2, 0) is 4.79 Å². The van der Waals surface area contributed by atoms with Crippen molar-refractivity contribution in [1.29, 1.82) is 0 Å². The lowest BCUT2D eigenvalue weighted by molar-refractivity contribution is -0.127. The summed E-state index contributed by atoms with van der Waals surface area (Å²) in [4.78, 5) is 52.2. The van der Waals surface area contributed by atoms with Gasteiger partial charge in [0.2, 0.25) is 11.8 Å². The van der Waals surface area contributed by atoms with Crippen LogP contribution in [-0.4, -0.2) is 57.9 Å². The van der Waals surface area contributed by atoms with Gasteiger partial charge in [-0.15, -0.1) is 11.3 Å². The maximum absolute atomic E-state index is 13.4. The average molecular weight is 533 g/mol. The predicted molar refractivity (Wildman–Crippen MR) is 145 cm³/mol. The Hall–Kier alpha value is -3.99. The zero-order valence-corrected chi connectivity index (χ0v) is 21.8. The molecule has 1 atom stereocenters. The molecule has 11 heteroatoms. The van der Waals surface area contributed by atoms with Crippen LogP contribution in [0.25, 0.3) is 10.2 Å². The first-order valence-corrected chi connectivity index (χ1v) is 13.6. The Bertz CT molecular complexity index is 1470. The van der Waals surface area contributed by atoms with Gasteiger partial charge in [0.05, 0.1) is 28.1 Å². The molecule has 0 spiro atoms. The van der Waals surface area contributed by atoms with Crippen molar-refractivity contribution in [2.24, 2.45) is 0 Å². The molecule has 10 nitrogen and oxygen atoms in total. The maximum atomic E-state index is 13.4. The Balaban J connectivity index is 1.29. The molecule has 38 heavy (non-hydrogen) atoms. The number of urea groups is 1. The van der Waals surface area contributed by atoms with Gasteiger partial charge in [0, 0.05) is 31.4 Å². The fourth-order valence-electron chi connectivity index (χ4n) is 5.15. The molecule has 1 saturated heterocycles. The number of likely N-dealkylation sites (tertiary alicyclic amines) is 1. The van der Waals surface area contributed by atoms with E-state index in [1.165, 1.54) is 23.8 Å². The second-order valence-electron chi connectivity index (χ2n) is 9.81. The minimum atomic E-state index is -0.379. The van der Waals surface area contributed by atoms with Crippen molar-refractivity contribution in [2.45, 2.75) is 51.2 Å². The van der Waals surface area contributed by atoms with Crippen molar-refractivity contribution in [3.63, 3.8) is 0 Å². The van der Waals surface area contributed by atoms with E-state index in [1.54, 1.807) is 28.1 Å². The van der Waals surface area contributed by atoms with Crippen molar-refractivity contribution >= 4 is 56.5 Å². The lowest BCUT2D eigenvalue weighted by Crippen LogP contribution is -2.49. The number of aryl methyl sites for hydroxylation is 1. The summed E-state index contributed by atoms with van der Waals surface area (Å²) >= 11 is 1.24. The standard InChI is InChI=1S/C27H28N6O4S/c1-3-21(34)32-13-5-6-16(14-32)30-25(35)24-23-22-19(11-12-28-26(22)38-24)33(27(36)31-23)18-9-10-20(29-15(18)2)37-17-7-4-8-17/h3,9-12,16-17H,1,4-8,13-14H2,2H3,(H,30,35)(H,31,36)/t16-/m1/s1. The molecular formula is C27H28N6O4S. The van der Waals surface area contributed by atoms with E-state index in [2.05, 4.69) is 27.2 Å². The smallest absolute Gasteiger partial charge is 0.331 e. The molecule has 4 amide bonds. The Labute approximate surface area is 223 Å². The number of rotatable bonds is 6. The van der Waals surface area contributed by atoms with Crippen LogP contribution in [0.15, 0.2) is 37.1 Å². The third kappa shape index (κ3) is 4.26. The number of aromatic nitrogens is 2. The van der Waals surface area contributed by atoms with Gasteiger partial charge in [-0.1, -0.05) is 6.58 Å². The highest BCUT2D eigenvalue weighted by atomic mass is 32.1. The number of hydrogen-bond acceptors (Lipinski definition) is 7. The van der Waals surface area contributed by atoms with E-state index in [1.807, 2.05) is 13.0 Å². The SMILES string of the molecule is C=CC(=O)N1CCC[C@@H](NC(=O)c2sc3nccc4c3c2NC(=O)N4c2ccc(OC3CCC3)nc2C)C1. The van der Waals surface area contributed by atoms with E-state index in [4.69, 9.17) is 4.74 Å². The van der Waals surface area contributed by atoms with E-state index in [-0.39, 0.29) is 30.0 Å². The molecular weight excluding hydrogens is 504 g/mol. The fourth-order valence-corrected chi connectivity index (χ4v) is 6.17. The highest BCUT2D eigenvalue weighted by Crippen LogP contribution is 2.46. The number of carbonyl (C=O) groups is 3. The van der Waals surface area contributed by atoms with Crippen LogP contribution in [0.5, 0.6) is 5.88 Å². The second kappa shape index (κ2) is 9.71. The van der Waals surface area contributed by atoms with Gasteiger partial charge in [0.15, 0.2) is 0 Å². The molecule has 0 unspecified atom stereocenters. The molecule has 1 saturated carbocycles. The van der Waals surface area contributed by atoms with Crippen LogP contribution in [0.4, 0.5) is 21.9 Å². The predicted octanol–water partition coefficient (Wildman–Crippen LogP) is 4.52. The molecule has 3 aromatic rings. The Morgan fingerprint density at radius 2 is 2.05 bits per heavy atom. The monoisotopic (exact) mass is 532 g/mol. The third-order valence-electron chi connectivity index (χ3n) is 7.31. The van der Waals surface area contributed by atoms with E-state index < -0.39 is 0 Å². The van der Waals surface area contributed by atoms with E-state index in [0.29, 0.717) is 56.8 Å². The third-order valence-corrected chi connectivity index (χ3v) is 8.40. The number of thiophene rings is 1. The number of pyridine rings is 2. The zero-order valence-electron chi connectivity index (χ0n) is 21.0. The molecule has 3 aromatic heterocycles. The van der Waals surface area contributed by atoms with Crippen LogP contribution in [0.3, 0.4) is 0 Å². The van der Waals surface area contributed by atoms with Crippen LogP contribution in [0, 0.1) is 6.92 Å². The van der Waals surface area contributed by atoms with Crippen molar-refractivity contribution < 1.29 is 19.1 Å². The van der Waals surface area contributed by atoms with Crippen LogP contribution < -0.4 is 20.3 Å². The second-order valence-corrected chi connectivity index (χ2v) is 10.8. The summed E-state index contributed by atoms with van der Waals surface area (Å²) in [6, 6.07) is 4.84. The molecule has 2 aliphatic heterocycles. The first-order valence-electron chi connectivity index (χ1n) is 12.8. The van der Waals surface area contributed by atoms with Gasteiger partial charge in [-0.2, -0.15) is 0 Å². The van der Waals surface area contributed by atoms with Gasteiger partial charge in [0.25, 0.3) is 5.91 Å². The van der Waals surface area contributed by atoms with Crippen LogP contribution in [0.2, 0.25) is 0 Å². The molecule has 196 valence electrons. The summed E-state index contributed by atoms with van der Waals surface area (Å²) in [6.45, 7) is 6.47. The van der Waals surface area contributed by atoms with Crippen molar-refractivity contribution in [2.75, 3.05) is 23.3 Å². The minimum absolute atomic E-state index is 0.144. The first-order chi connectivity index (χ1) is 18.4. The van der Waals surface area contributed by atoms with Crippen molar-refractivity contribution in [3.05, 3.63) is 47.6 Å². The maximum Gasteiger partial charge on any atom is 0.331 e. The highest BCUT2D eigenvalue weighted by Gasteiger charge is 2.34. The first kappa shape index (κ1) is 24.4. The highest BCUT2D eigenvalue weighted by molar-refractivity contribution is 7.21. The topological polar surface area (TPSA) is 117 Å². The molecule has 2 N–H and O–H groups in total. The summed E-state index contributed by atoms with van der Waals surface area (Å²) in [5, 5.41) is 6.69. The molecule has 0 bridgehead atoms. The number of nitrogens with zero attached hydrogens (tertiary/aromatic N) is 4. The summed E-state index contributed by atoms with van der Waals surface area (Å²) in [6.07, 6.45) is 7.95. The number of carbonyl (C=O) groups excluding carboxylic acids is 3. The number of amides is 4. The average Bonchev–Trinajstić information content (AvgIpc) is 3.26. The van der Waals surface area contributed by atoms with Gasteiger partial charge in [-0.25, -0.2) is 14.8 Å². The Morgan fingerprint density at radius 3 is 2.79 bits per heavy atom. The van der Waals surface area contributed by atoms with E-state index >= 15 is 0 Å². The number of ether oxygens (including phenoxy) is 1. The molecule has 0 radical (unpaired) electrons. The van der Waals surface area contributed by atoms with Gasteiger partial charge in [-0.3, -0.25) is 14.5 Å². The fraction of sp³-hybridized carbons (Fsp3) is 0.370. The number of nitrogens with one attached hydrogen (secondary N) is 2. The molecule has 1 aliphatic carbocycles. The summed E-state index contributed by atoms with van der Waals surface area (Å²) in [5.74, 6) is 0.116. The van der Waals surface area contributed by atoms with Gasteiger partial charge in [0.1, 0.15) is 15.8 Å². The van der Waals surface area contributed by atoms with Gasteiger partial charge < -0.3 is 20.3 Å². The summed E-state index contributed by atoms with van der Waals surface area (Å²) in [5.41, 5.74) is 2.39.